The van der Waals surface area contributed by atoms with Gasteiger partial charge in [0, 0.05) is 6.54 Å². The molecule has 1 amide bonds. The van der Waals surface area contributed by atoms with Gasteiger partial charge in [-0.15, -0.1) is 0 Å². The van der Waals surface area contributed by atoms with Crippen molar-refractivity contribution in [2.45, 2.75) is 31.6 Å². The Morgan fingerprint density at radius 3 is 2.35 bits per heavy atom. The quantitative estimate of drug-likeness (QED) is 0.495. The van der Waals surface area contributed by atoms with Crippen LogP contribution in [-0.2, 0) is 30.4 Å². The maximum atomic E-state index is 12.8. The molecule has 0 saturated carbocycles. The number of nitrogens with zero attached hydrogens (tertiary/aromatic N) is 1. The number of hydrogen-bond donors (Lipinski definition) is 0. The van der Waals surface area contributed by atoms with Crippen LogP contribution in [0.25, 0.3) is 0 Å². The SMILES string of the molecule is COC(=O)c1ccc([C@@H]2C[C@H](OS(C)(=O)=O)CCN2C(=O)OCc2ccccc2)cc1. The third-order valence-electron chi connectivity index (χ3n) is 5.02. The molecule has 0 bridgehead atoms. The van der Waals surface area contributed by atoms with Crippen molar-refractivity contribution in [2.75, 3.05) is 19.9 Å². The van der Waals surface area contributed by atoms with Crippen LogP contribution in [0.2, 0.25) is 0 Å². The zero-order valence-electron chi connectivity index (χ0n) is 17.4. The normalized spacial score (nSPS) is 19.0. The first kappa shape index (κ1) is 22.8. The van der Waals surface area contributed by atoms with Crippen molar-refractivity contribution in [1.82, 2.24) is 4.90 Å². The van der Waals surface area contributed by atoms with Crippen molar-refractivity contribution < 1.29 is 31.7 Å². The average Bonchev–Trinajstić information content (AvgIpc) is 2.76. The summed E-state index contributed by atoms with van der Waals surface area (Å²) in [5, 5.41) is 0. The highest BCUT2D eigenvalue weighted by Gasteiger charge is 2.35. The molecule has 0 aromatic heterocycles. The van der Waals surface area contributed by atoms with Gasteiger partial charge in [-0.1, -0.05) is 42.5 Å². The Morgan fingerprint density at radius 1 is 1.06 bits per heavy atom. The number of hydrogen-bond acceptors (Lipinski definition) is 7. The van der Waals surface area contributed by atoms with Gasteiger partial charge in [0.1, 0.15) is 6.61 Å². The van der Waals surface area contributed by atoms with Gasteiger partial charge in [0.25, 0.3) is 10.1 Å². The Bertz CT molecular complexity index is 1010. The standard InChI is InChI=1S/C22H25NO7S/c1-28-21(24)18-10-8-17(9-11-18)20-14-19(30-31(2,26)27)12-13-23(20)22(25)29-15-16-6-4-3-5-7-16/h3-11,19-20H,12-15H2,1-2H3/t19-,20+/m1/s1. The van der Waals surface area contributed by atoms with Gasteiger partial charge in [-0.05, 0) is 36.1 Å². The van der Waals surface area contributed by atoms with Crippen molar-refractivity contribution >= 4 is 22.2 Å². The fourth-order valence-corrected chi connectivity index (χ4v) is 4.23. The first-order valence-electron chi connectivity index (χ1n) is 9.80. The first-order chi connectivity index (χ1) is 14.8. The Morgan fingerprint density at radius 2 is 1.74 bits per heavy atom. The van der Waals surface area contributed by atoms with E-state index in [9.17, 15) is 18.0 Å². The molecule has 0 unspecified atom stereocenters. The second kappa shape index (κ2) is 9.93. The molecule has 0 radical (unpaired) electrons. The number of piperidine rings is 1. The fraction of sp³-hybridized carbons (Fsp3) is 0.364. The van der Waals surface area contributed by atoms with E-state index in [0.29, 0.717) is 12.0 Å². The summed E-state index contributed by atoms with van der Waals surface area (Å²) in [5.74, 6) is -0.465. The molecular formula is C22H25NO7S. The number of carbonyl (C=O) groups is 2. The van der Waals surface area contributed by atoms with Crippen molar-refractivity contribution in [1.29, 1.82) is 0 Å². The lowest BCUT2D eigenvalue weighted by Crippen LogP contribution is -2.44. The summed E-state index contributed by atoms with van der Waals surface area (Å²) in [6.07, 6.45) is 0.602. The van der Waals surface area contributed by atoms with Crippen molar-refractivity contribution in [3.63, 3.8) is 0 Å². The van der Waals surface area contributed by atoms with E-state index < -0.39 is 34.3 Å². The highest BCUT2D eigenvalue weighted by Crippen LogP contribution is 2.34. The number of rotatable bonds is 6. The largest absolute Gasteiger partial charge is 0.465 e. The maximum absolute atomic E-state index is 12.8. The Labute approximate surface area is 181 Å². The summed E-state index contributed by atoms with van der Waals surface area (Å²) in [4.78, 5) is 26.1. The van der Waals surface area contributed by atoms with Gasteiger partial charge in [0.2, 0.25) is 0 Å². The maximum Gasteiger partial charge on any atom is 0.410 e. The van der Waals surface area contributed by atoms with E-state index in [4.69, 9.17) is 13.7 Å². The van der Waals surface area contributed by atoms with Crippen LogP contribution >= 0.6 is 0 Å². The monoisotopic (exact) mass is 447 g/mol. The van der Waals surface area contributed by atoms with E-state index in [1.807, 2.05) is 30.3 Å². The van der Waals surface area contributed by atoms with Crippen LogP contribution in [0.3, 0.4) is 0 Å². The van der Waals surface area contributed by atoms with Gasteiger partial charge in [0.15, 0.2) is 0 Å². The molecule has 2 aromatic rings. The van der Waals surface area contributed by atoms with Gasteiger partial charge in [-0.2, -0.15) is 8.42 Å². The third-order valence-corrected chi connectivity index (χ3v) is 5.64. The topological polar surface area (TPSA) is 99.2 Å². The molecule has 166 valence electrons. The van der Waals surface area contributed by atoms with E-state index in [-0.39, 0.29) is 19.6 Å². The molecule has 1 fully saturated rings. The molecule has 9 heteroatoms. The van der Waals surface area contributed by atoms with E-state index in [0.717, 1.165) is 17.4 Å². The van der Waals surface area contributed by atoms with Crippen LogP contribution in [-0.4, -0.2) is 51.4 Å². The summed E-state index contributed by atoms with van der Waals surface area (Å²) >= 11 is 0. The van der Waals surface area contributed by atoms with Crippen LogP contribution in [0.15, 0.2) is 54.6 Å². The number of esters is 1. The van der Waals surface area contributed by atoms with Crippen molar-refractivity contribution in [2.24, 2.45) is 0 Å². The Hall–Kier alpha value is -2.91. The molecule has 3 rings (SSSR count). The number of carbonyl (C=O) groups excluding carboxylic acids is 2. The lowest BCUT2D eigenvalue weighted by atomic mass is 9.93. The number of amides is 1. The van der Waals surface area contributed by atoms with Gasteiger partial charge in [0.05, 0.1) is 31.1 Å². The van der Waals surface area contributed by atoms with Crippen LogP contribution < -0.4 is 0 Å². The lowest BCUT2D eigenvalue weighted by Gasteiger charge is -2.38. The van der Waals surface area contributed by atoms with Crippen molar-refractivity contribution in [3.05, 3.63) is 71.3 Å². The van der Waals surface area contributed by atoms with Gasteiger partial charge in [-0.25, -0.2) is 9.59 Å². The van der Waals surface area contributed by atoms with E-state index >= 15 is 0 Å². The van der Waals surface area contributed by atoms with Gasteiger partial charge in [-0.3, -0.25) is 4.18 Å². The predicted octanol–water partition coefficient (Wildman–Crippen LogP) is 3.29. The molecule has 1 heterocycles. The predicted molar refractivity (Wildman–Crippen MR) is 113 cm³/mol. The first-order valence-corrected chi connectivity index (χ1v) is 11.6. The summed E-state index contributed by atoms with van der Waals surface area (Å²) < 4.78 is 38.6. The fourth-order valence-electron chi connectivity index (χ4n) is 3.56. The molecule has 1 aliphatic rings. The summed E-state index contributed by atoms with van der Waals surface area (Å²) in [6.45, 7) is 0.407. The highest BCUT2D eigenvalue weighted by molar-refractivity contribution is 7.86. The van der Waals surface area contributed by atoms with Crippen LogP contribution in [0.5, 0.6) is 0 Å². The lowest BCUT2D eigenvalue weighted by molar-refractivity contribution is 0.0365. The second-order valence-corrected chi connectivity index (χ2v) is 8.91. The zero-order chi connectivity index (χ0) is 22.4. The zero-order valence-corrected chi connectivity index (χ0v) is 18.2. The molecular weight excluding hydrogens is 422 g/mol. The smallest absolute Gasteiger partial charge is 0.410 e. The molecule has 8 nitrogen and oxygen atoms in total. The third kappa shape index (κ3) is 6.28. The Kier molecular flexibility index (Phi) is 7.29. The number of ether oxygens (including phenoxy) is 2. The van der Waals surface area contributed by atoms with Crippen LogP contribution in [0, 0.1) is 0 Å². The molecule has 0 spiro atoms. The molecule has 31 heavy (non-hydrogen) atoms. The average molecular weight is 448 g/mol. The van der Waals surface area contributed by atoms with Gasteiger partial charge < -0.3 is 14.4 Å². The molecule has 1 saturated heterocycles. The molecule has 2 atom stereocenters. The minimum absolute atomic E-state index is 0.132. The minimum atomic E-state index is -3.63. The van der Waals surface area contributed by atoms with E-state index in [2.05, 4.69) is 0 Å². The highest BCUT2D eigenvalue weighted by atomic mass is 32.2. The Balaban J connectivity index is 1.79. The summed E-state index contributed by atoms with van der Waals surface area (Å²) in [5.41, 5.74) is 1.99. The summed E-state index contributed by atoms with van der Waals surface area (Å²) in [7, 11) is -2.33. The minimum Gasteiger partial charge on any atom is -0.465 e. The number of benzene rings is 2. The molecule has 0 N–H and O–H groups in total. The summed E-state index contributed by atoms with van der Waals surface area (Å²) in [6, 6.07) is 15.5. The van der Waals surface area contributed by atoms with Crippen LogP contribution in [0.1, 0.15) is 40.4 Å². The number of likely N-dealkylation sites (tertiary alicyclic amines) is 1. The van der Waals surface area contributed by atoms with E-state index in [1.165, 1.54) is 7.11 Å². The van der Waals surface area contributed by atoms with Gasteiger partial charge >= 0.3 is 12.1 Å². The number of methoxy groups -OCH3 is 1. The molecule has 2 aromatic carbocycles. The van der Waals surface area contributed by atoms with Crippen molar-refractivity contribution in [3.8, 4) is 0 Å². The van der Waals surface area contributed by atoms with Crippen LogP contribution in [0.4, 0.5) is 4.79 Å². The van der Waals surface area contributed by atoms with E-state index in [1.54, 1.807) is 29.2 Å². The molecule has 0 aliphatic carbocycles. The second-order valence-electron chi connectivity index (χ2n) is 7.31. The molecule has 1 aliphatic heterocycles.